The number of amides is 2. The maximum absolute atomic E-state index is 12.2. The van der Waals surface area contributed by atoms with Gasteiger partial charge in [-0.2, -0.15) is 0 Å². The van der Waals surface area contributed by atoms with Crippen LogP contribution in [0.5, 0.6) is 0 Å². The summed E-state index contributed by atoms with van der Waals surface area (Å²) in [6.07, 6.45) is -6.93. The van der Waals surface area contributed by atoms with Gasteiger partial charge in [-0.05, 0) is 43.9 Å². The molecule has 0 spiro atoms. The number of likely N-dealkylation sites (N-methyl/N-ethyl adjacent to an activating group) is 3. The molecule has 10 atom stereocenters. The van der Waals surface area contributed by atoms with Gasteiger partial charge in [0.05, 0.1) is 77.1 Å². The summed E-state index contributed by atoms with van der Waals surface area (Å²) < 4.78 is 42.6. The van der Waals surface area contributed by atoms with E-state index in [9.17, 15) is 62.3 Å². The van der Waals surface area contributed by atoms with Gasteiger partial charge in [0.15, 0.2) is 0 Å². The summed E-state index contributed by atoms with van der Waals surface area (Å²) in [7, 11) is 143. The molecule has 0 aromatic heterocycles. The monoisotopic (exact) mass is 1850 g/mol. The van der Waals surface area contributed by atoms with Crippen LogP contribution in [-0.4, -0.2) is 566 Å². The number of carbonyl (C=O) groups excluding carboxylic acids is 12. The molecule has 5 aliphatic heterocycles. The SMILES string of the molecule is CC.CC(=O)Cl.CN[C@@]1(C(=O)OC)C[C@@H](C(=O)OC)N(C(C)=O)C1.CN[C@@]1(C(=O)OC)C[C@@H](C(=O)OC)N(Cc2ccccc2)C1.CN[C@]1(C(=O)OC)CN[C@H](C(=O)OC)C1.COC(=O)[C@@H]1C[C@@](N)(C(=O)O)CN1C(C)=O.COC(=O)[C@@H]1C[C@@](N)(C(=O)OC)CN1Cc1ccccc1.[B]B([B])B(B([B])[B])B([B])[B].[B]B([B])B([B])B([B])[B].[B]B([B])B([B])[B].[B][B]B(B([B])[B])B([B])[B].[B][B]B([B])B([B])[B]. The number of nitrogens with two attached hydrogens (primary N) is 2. The van der Waals surface area contributed by atoms with Crippen LogP contribution in [0.15, 0.2) is 60.7 Å². The standard InChI is InChI=1S/C16H22N2O4.C15H20N2O4.C11H18N2O5.C9H14N2O5.C9H16N2O4.C2H3ClO.C2H6.B10.B9.B8.B7.B6/c1-17-16(15(20)22-3)9-13(14(19)21-2)18(11-16)10-12-7-5-4-6-8-12;1-20-13(18)12-8-15(16,14(19)21-2)10-17(12)9-11-6-4-3-5-7-11;1-7(14)13-6-11(12-2,10(16)18-4)5-8(13)9(15)17-3;1-5(12)11-4-9(10,8(14)15)3-6(11)7(13)16-2;1-10-9(8(13)15-3)4-6(11-5-9)7(12)14-2;1-2(3)4;1-2;1-7(2)10(8(3)4)9(5)6;1-6-9(7(2)3)8(4)5;1-6(2)8(5)7(3)4;1-5-7(4)6(2)3;1-5(2)6(3)4/h4-8,13,17H,9-11H2,1-3H3;3-7,12H,8-10,16H2,1-2H3;8,12H,5-6H2,1-4H3;6H,3-4,10H2,1-2H3,(H,14,15);6,10-11H,4-5H2,1-3H3;1H3;1-2H3;;;;;/t13-,16-;12-,15-;8-,11-;2*6-,9-;;;;;;;/m00000......./s1. The summed E-state index contributed by atoms with van der Waals surface area (Å²) >= 11 is 4.64. The van der Waals surface area contributed by atoms with Crippen molar-refractivity contribution in [1.82, 2.24) is 40.9 Å². The highest BCUT2D eigenvalue weighted by atomic mass is 35.5. The normalized spacial score (nSPS) is 20.5. The van der Waals surface area contributed by atoms with Gasteiger partial charge in [-0.25, -0.2) is 14.4 Å². The smallest absolute Gasteiger partial charge is 0.328 e. The maximum Gasteiger partial charge on any atom is 0.328 e. The number of carboxylic acids is 1. The van der Waals surface area contributed by atoms with Gasteiger partial charge in [0.1, 0.15) is 57.9 Å². The molecule has 670 valence electrons. The van der Waals surface area contributed by atoms with Crippen molar-refractivity contribution in [3.8, 4) is 0 Å². The molecule has 138 heavy (non-hydrogen) atoms. The van der Waals surface area contributed by atoms with Gasteiger partial charge >= 0.3 is 59.7 Å². The number of hydrogen-bond donors (Lipinski definition) is 7. The summed E-state index contributed by atoms with van der Waals surface area (Å²) in [5, 5.41) is 20.3. The van der Waals surface area contributed by atoms with Gasteiger partial charge in [-0.15, -0.1) is 0 Å². The molecule has 9 N–H and O–H groups in total. The van der Waals surface area contributed by atoms with E-state index in [1.54, 1.807) is 21.1 Å². The van der Waals surface area contributed by atoms with Gasteiger partial charge in [0, 0.05) is 375 Å². The van der Waals surface area contributed by atoms with Gasteiger partial charge in [-0.1, -0.05) is 74.5 Å². The fourth-order valence-electron chi connectivity index (χ4n) is 13.1. The third kappa shape index (κ3) is 49.3. The summed E-state index contributed by atoms with van der Waals surface area (Å²) in [6.45, 7) is 9.90. The molecule has 2 aromatic rings. The minimum atomic E-state index is -1.58. The molecule has 2 amide bonds. The summed E-state index contributed by atoms with van der Waals surface area (Å²) in [6, 6.07) is 16.4. The lowest BCUT2D eigenvalue weighted by molar-refractivity contribution is -0.150. The van der Waals surface area contributed by atoms with E-state index in [2.05, 4.69) is 47.1 Å². The molecule has 74 heteroatoms. The Labute approximate surface area is 861 Å². The van der Waals surface area contributed by atoms with E-state index in [0.29, 0.717) is 39.0 Å². The van der Waals surface area contributed by atoms with Crippen LogP contribution in [0.3, 0.4) is 0 Å². The lowest BCUT2D eigenvalue weighted by Gasteiger charge is -2.25. The van der Waals surface area contributed by atoms with Crippen molar-refractivity contribution in [2.45, 2.75) is 138 Å². The van der Waals surface area contributed by atoms with Crippen LogP contribution in [0.25, 0.3) is 0 Å². The molecule has 7 rings (SSSR count). The van der Waals surface area contributed by atoms with Crippen molar-refractivity contribution in [3.63, 3.8) is 0 Å². The highest BCUT2D eigenvalue weighted by molar-refractivity contribution is 8.00. The minimum Gasteiger partial charge on any atom is -0.480 e. The number of methoxy groups -OCH3 is 9. The van der Waals surface area contributed by atoms with E-state index in [0.717, 1.165) is 16.0 Å². The number of carboxylic acid groups (broad SMARTS) is 1. The van der Waals surface area contributed by atoms with Crippen LogP contribution >= 0.6 is 11.6 Å². The molecule has 0 bridgehead atoms. The van der Waals surface area contributed by atoms with E-state index >= 15 is 0 Å². The second-order valence-corrected chi connectivity index (χ2v) is 31.8. The molecule has 0 saturated carbocycles. The van der Waals surface area contributed by atoms with Gasteiger partial charge in [0.25, 0.3) is 0 Å². The van der Waals surface area contributed by atoms with E-state index in [-0.39, 0.29) is 92.7 Å². The van der Waals surface area contributed by atoms with Crippen molar-refractivity contribution >= 4 is 378 Å². The van der Waals surface area contributed by atoms with Crippen molar-refractivity contribution in [3.05, 3.63) is 71.8 Å². The number of esters is 9. The number of carbonyl (C=O) groups is 13. The summed E-state index contributed by atoms with van der Waals surface area (Å²) in [5.74, 6) is -5.93. The largest absolute Gasteiger partial charge is 0.480 e. The number of hydrogen-bond acceptors (Lipinski definition) is 30. The molecule has 0 unspecified atom stereocenters. The van der Waals surface area contributed by atoms with Crippen LogP contribution in [0.4, 0.5) is 0 Å². The molecule has 5 aliphatic rings. The quantitative estimate of drug-likeness (QED) is 0.0180. The number of aliphatic carboxylic acids is 1. The Hall–Kier alpha value is -5.68. The predicted octanol–water partition coefficient (Wildman–Crippen LogP) is -16.4. The second-order valence-electron chi connectivity index (χ2n) is 31.2. The van der Waals surface area contributed by atoms with E-state index < -0.39 is 170 Å². The zero-order chi connectivity index (χ0) is 109. The molecular formula is C64H99B40ClN10O23. The Morgan fingerprint density at radius 3 is 0.978 bits per heavy atom. The van der Waals surface area contributed by atoms with E-state index in [1.165, 1.54) is 104 Å². The molecular weight excluding hydrogens is 1740 g/mol. The van der Waals surface area contributed by atoms with Crippen LogP contribution in [0.1, 0.15) is 77.8 Å². The Morgan fingerprint density at radius 2 is 0.717 bits per heavy atom. The first-order valence-electron chi connectivity index (χ1n) is 42.4. The Morgan fingerprint density at radius 1 is 0.406 bits per heavy atom. The van der Waals surface area contributed by atoms with E-state index in [4.69, 9.17) is 231 Å². The van der Waals surface area contributed by atoms with Crippen molar-refractivity contribution in [1.29, 1.82) is 0 Å². The van der Waals surface area contributed by atoms with Crippen LogP contribution < -0.4 is 32.7 Å². The number of likely N-dealkylation sites (tertiary alicyclic amines) is 4. The maximum atomic E-state index is 12.2. The third-order valence-electron chi connectivity index (χ3n) is 21.2. The number of nitrogens with one attached hydrogen (secondary N) is 4. The molecule has 5 heterocycles. The Kier molecular flexibility index (Phi) is 74.0. The van der Waals surface area contributed by atoms with Crippen molar-refractivity contribution in [2.75, 3.05) is 118 Å². The summed E-state index contributed by atoms with van der Waals surface area (Å²) in [4.78, 5) is 155. The number of benzene rings is 2. The van der Waals surface area contributed by atoms with Gasteiger partial charge < -0.3 is 90.3 Å². The number of nitrogens with zero attached hydrogens (tertiary/aromatic N) is 4. The average molecular weight is 1840 g/mol. The summed E-state index contributed by atoms with van der Waals surface area (Å²) in [5.41, 5.74) is 8.32. The molecule has 50 radical (unpaired) electrons. The van der Waals surface area contributed by atoms with Crippen molar-refractivity contribution in [2.24, 2.45) is 11.5 Å². The lowest BCUT2D eigenvalue weighted by Crippen LogP contribution is -2.62. The van der Waals surface area contributed by atoms with Crippen LogP contribution in [-0.2, 0) is 118 Å². The number of ether oxygens (including phenoxy) is 9. The Balaban J connectivity index is -0.000000483. The Bertz CT molecular complexity index is 3900. The molecule has 0 aliphatic carbocycles. The average Bonchev–Trinajstić information content (AvgIpc) is 1.64. The topological polar surface area (TPSA) is 438 Å². The fraction of sp³-hybridized carbons (Fsp3) is 0.609. The van der Waals surface area contributed by atoms with Gasteiger partial charge in [-0.3, -0.25) is 57.7 Å². The first-order valence-corrected chi connectivity index (χ1v) is 42.8. The van der Waals surface area contributed by atoms with Crippen LogP contribution in [0, 0.1) is 0 Å². The second kappa shape index (κ2) is 72.6. The third-order valence-corrected chi connectivity index (χ3v) is 21.2. The molecule has 5 saturated heterocycles. The van der Waals surface area contributed by atoms with Gasteiger partial charge in [0.2, 0.25) is 17.1 Å². The first-order chi connectivity index (χ1) is 64.0. The van der Waals surface area contributed by atoms with Crippen LogP contribution in [0.2, 0.25) is 0 Å². The predicted molar refractivity (Wildman–Crippen MR) is 582 cm³/mol. The molecule has 2 aromatic carbocycles. The fourth-order valence-corrected chi connectivity index (χ4v) is 13.1. The number of halogens is 1. The molecule has 33 nitrogen and oxygen atoms in total. The van der Waals surface area contributed by atoms with Crippen molar-refractivity contribution < 1.29 is 110 Å². The minimum absolute atomic E-state index is 0.0886. The zero-order valence-electron chi connectivity index (χ0n) is 82.0. The highest BCUT2D eigenvalue weighted by Gasteiger charge is 2.56. The lowest BCUT2D eigenvalue weighted by atomic mass is 8.58. The highest BCUT2D eigenvalue weighted by Crippen LogP contribution is 2.33. The number of rotatable bonds is 28. The zero-order valence-corrected chi connectivity index (χ0v) is 82.7. The van der Waals surface area contributed by atoms with E-state index in [1.807, 2.05) is 84.3 Å². The first kappa shape index (κ1) is 141. The molecule has 5 fully saturated rings.